The normalized spacial score (nSPS) is 15.1. The van der Waals surface area contributed by atoms with E-state index >= 15 is 0 Å². The summed E-state index contributed by atoms with van der Waals surface area (Å²) in [5, 5.41) is 30.5. The highest BCUT2D eigenvalue weighted by Gasteiger charge is 2.42. The number of carbonyl (C=O) groups excluding carboxylic acids is 2. The molecule has 25 heteroatoms. The first-order valence-corrected chi connectivity index (χ1v) is 24.4. The van der Waals surface area contributed by atoms with Gasteiger partial charge in [-0.3, -0.25) is 19.3 Å². The predicted molar refractivity (Wildman–Crippen MR) is 248 cm³/mol. The second-order valence-corrected chi connectivity index (χ2v) is 19.4. The maximum absolute atomic E-state index is 13.3. The molecule has 0 atom stereocenters. The number of alkyl halides is 6. The smallest absolute Gasteiger partial charge is 0.490 e. The molecule has 382 valence electrons. The number of carboxylic acid groups (broad SMARTS) is 2. The second kappa shape index (κ2) is 26.4. The number of phenols is 1. The number of hydrogen-bond acceptors (Lipinski definition) is 14. The van der Waals surface area contributed by atoms with Gasteiger partial charge in [0.05, 0.1) is 41.5 Å². The molecule has 2 aromatic heterocycles. The number of fused-ring (bicyclic) bond motifs is 1. The third kappa shape index (κ3) is 18.5. The molecule has 5 N–H and O–H groups in total. The van der Waals surface area contributed by atoms with E-state index in [1.54, 1.807) is 22.3 Å². The van der Waals surface area contributed by atoms with E-state index in [1.165, 1.54) is 10.5 Å². The number of aromatic amines is 1. The zero-order chi connectivity index (χ0) is 50.9. The molecule has 0 unspecified atom stereocenters. The molecule has 4 heterocycles. The van der Waals surface area contributed by atoms with E-state index in [0.717, 1.165) is 77.7 Å². The molecular formula is C44H56F6N6O10S3. The van der Waals surface area contributed by atoms with Crippen molar-refractivity contribution in [2.24, 2.45) is 0 Å². The SMILES string of the molecule is CC(C)c1nc(C(=O)N2CCOC3(CCN(Cc4cccc(SCCCOCCC(=O)N(C)CCNCCc5ccc(O)c6[nH]c(=O)sc56)c4)CC3)C2)cs1.O=C(O)C(F)(F)F.O=C(O)C(F)(F)F. The number of likely N-dealkylation sites (tertiary alicyclic amines) is 1. The topological polar surface area (TPSA) is 215 Å². The monoisotopic (exact) mass is 1040 g/mol. The Hall–Kier alpha value is -4.79. The number of halogens is 6. The van der Waals surface area contributed by atoms with Gasteiger partial charge in [-0.15, -0.1) is 23.1 Å². The zero-order valence-corrected chi connectivity index (χ0v) is 40.6. The Morgan fingerprint density at radius 3 is 2.33 bits per heavy atom. The van der Waals surface area contributed by atoms with Crippen LogP contribution in [0.25, 0.3) is 10.2 Å². The van der Waals surface area contributed by atoms with E-state index in [1.807, 2.05) is 35.2 Å². The Kier molecular flexibility index (Phi) is 21.8. The van der Waals surface area contributed by atoms with Crippen LogP contribution in [0.5, 0.6) is 5.75 Å². The number of benzene rings is 2. The van der Waals surface area contributed by atoms with Crippen LogP contribution in [0.2, 0.25) is 0 Å². The number of hydrogen-bond donors (Lipinski definition) is 5. The first kappa shape index (κ1) is 56.8. The van der Waals surface area contributed by atoms with Crippen molar-refractivity contribution in [2.45, 2.75) is 81.3 Å². The number of H-pyrrole nitrogens is 1. The third-order valence-electron chi connectivity index (χ3n) is 10.7. The number of ether oxygens (including phenoxy) is 2. The van der Waals surface area contributed by atoms with Gasteiger partial charge in [-0.05, 0) is 61.6 Å². The fourth-order valence-electron chi connectivity index (χ4n) is 7.04. The molecule has 2 amide bonds. The van der Waals surface area contributed by atoms with Crippen molar-refractivity contribution in [2.75, 3.05) is 78.4 Å². The highest BCUT2D eigenvalue weighted by atomic mass is 32.2. The van der Waals surface area contributed by atoms with E-state index in [9.17, 15) is 45.8 Å². The van der Waals surface area contributed by atoms with Crippen LogP contribution in [0.3, 0.4) is 0 Å². The standard InChI is InChI=1S/C40H54N6O6S3.2C2HF3O2/c1-28(2)37-42-32(26-54-37)38(49)46-19-22-52-40(27-46)12-16-45(17-13-40)25-29-6-4-7-31(24-29)53-23-5-20-51-21-11-34(48)44(3)18-15-41-14-10-30-8-9-33(47)35-36(30)55-39(50)43-35;2*3-2(4,5)1(6)7/h4,6-9,24,26,28,41,47H,5,10-23,25,27H2,1-3H3,(H,43,50);2*(H,6,7). The number of likely N-dealkylation sites (N-methyl/N-ethyl adjacent to an activating group) is 1. The average Bonchev–Trinajstić information content (AvgIpc) is 3.95. The van der Waals surface area contributed by atoms with Crippen molar-refractivity contribution in [3.8, 4) is 5.75 Å². The first-order valence-electron chi connectivity index (χ1n) is 21.8. The molecule has 4 aromatic rings. The number of rotatable bonds is 18. The number of thioether (sulfide) groups is 1. The van der Waals surface area contributed by atoms with Crippen molar-refractivity contribution in [1.29, 1.82) is 0 Å². The van der Waals surface area contributed by atoms with Gasteiger partial charge in [0.1, 0.15) is 17.0 Å². The average molecular weight is 1040 g/mol. The van der Waals surface area contributed by atoms with Crippen LogP contribution < -0.4 is 10.2 Å². The van der Waals surface area contributed by atoms with Crippen LogP contribution in [0, 0.1) is 0 Å². The second-order valence-electron chi connectivity index (χ2n) is 16.4. The lowest BCUT2D eigenvalue weighted by Crippen LogP contribution is -2.58. The molecule has 2 aliphatic heterocycles. The van der Waals surface area contributed by atoms with Crippen molar-refractivity contribution in [3.63, 3.8) is 0 Å². The van der Waals surface area contributed by atoms with Crippen molar-refractivity contribution in [1.82, 2.24) is 30.0 Å². The minimum Gasteiger partial charge on any atom is -0.506 e. The summed E-state index contributed by atoms with van der Waals surface area (Å²) in [4.78, 5) is 69.9. The fourth-order valence-corrected chi connectivity index (χ4v) is 9.65. The van der Waals surface area contributed by atoms with Crippen molar-refractivity contribution >= 4 is 68.4 Å². The molecule has 1 spiro atoms. The number of amides is 2. The highest BCUT2D eigenvalue weighted by molar-refractivity contribution is 7.99. The molecule has 16 nitrogen and oxygen atoms in total. The van der Waals surface area contributed by atoms with Gasteiger partial charge < -0.3 is 44.9 Å². The molecule has 2 aromatic carbocycles. The van der Waals surface area contributed by atoms with Gasteiger partial charge in [0.15, 0.2) is 0 Å². The van der Waals surface area contributed by atoms with E-state index in [2.05, 4.69) is 58.3 Å². The van der Waals surface area contributed by atoms with Gasteiger partial charge in [0.25, 0.3) is 5.91 Å². The molecule has 0 bridgehead atoms. The number of thiazole rings is 2. The van der Waals surface area contributed by atoms with E-state index in [0.29, 0.717) is 76.1 Å². The number of carbonyl (C=O) groups is 4. The predicted octanol–water partition coefficient (Wildman–Crippen LogP) is 6.83. The van der Waals surface area contributed by atoms with Gasteiger partial charge in [-0.1, -0.05) is 43.4 Å². The van der Waals surface area contributed by atoms with E-state index in [4.69, 9.17) is 29.3 Å². The van der Waals surface area contributed by atoms with Gasteiger partial charge in [0, 0.05) is 74.9 Å². The quantitative estimate of drug-likeness (QED) is 0.0393. The molecule has 2 aliphatic rings. The van der Waals surface area contributed by atoms with Crippen molar-refractivity contribution < 1.29 is 70.3 Å². The number of phenolic OH excluding ortho intramolecular Hbond substituents is 1. The van der Waals surface area contributed by atoms with Gasteiger partial charge in [0.2, 0.25) is 5.91 Å². The molecule has 6 rings (SSSR count). The Morgan fingerprint density at radius 1 is 1.01 bits per heavy atom. The fraction of sp³-hybridized carbons (Fsp3) is 0.545. The molecule has 69 heavy (non-hydrogen) atoms. The Bertz CT molecular complexity index is 2350. The summed E-state index contributed by atoms with van der Waals surface area (Å²) in [6.07, 6.45) is -6.37. The zero-order valence-electron chi connectivity index (χ0n) is 38.1. The summed E-state index contributed by atoms with van der Waals surface area (Å²) in [7, 11) is 1.81. The van der Waals surface area contributed by atoms with Crippen LogP contribution >= 0.6 is 34.4 Å². The number of nitrogens with zero attached hydrogens (tertiary/aromatic N) is 4. The summed E-state index contributed by atoms with van der Waals surface area (Å²) >= 11 is 4.51. The van der Waals surface area contributed by atoms with Gasteiger partial charge >= 0.3 is 29.2 Å². The van der Waals surface area contributed by atoms with Gasteiger partial charge in [-0.25, -0.2) is 14.6 Å². The summed E-state index contributed by atoms with van der Waals surface area (Å²) in [6, 6.07) is 12.2. The van der Waals surface area contributed by atoms with Gasteiger partial charge in [-0.2, -0.15) is 26.3 Å². The van der Waals surface area contributed by atoms with Crippen LogP contribution in [0.1, 0.15) is 72.1 Å². The minimum absolute atomic E-state index is 0.0233. The minimum atomic E-state index is -5.08. The summed E-state index contributed by atoms with van der Waals surface area (Å²) in [5.74, 6) is -4.08. The summed E-state index contributed by atoms with van der Waals surface area (Å²) in [6.45, 7) is 11.8. The lowest BCUT2D eigenvalue weighted by atomic mass is 9.89. The first-order chi connectivity index (χ1) is 32.5. The summed E-state index contributed by atoms with van der Waals surface area (Å²) in [5.41, 5.74) is 3.09. The number of carboxylic acids is 2. The van der Waals surface area contributed by atoms with Crippen LogP contribution in [0.15, 0.2) is 51.5 Å². The third-order valence-corrected chi connectivity index (χ3v) is 13.9. The number of aromatic hydroxyl groups is 1. The van der Waals surface area contributed by atoms with Crippen LogP contribution in [-0.2, 0) is 36.8 Å². The highest BCUT2D eigenvalue weighted by Crippen LogP contribution is 2.33. The van der Waals surface area contributed by atoms with E-state index in [-0.39, 0.29) is 28.0 Å². The van der Waals surface area contributed by atoms with Crippen LogP contribution in [-0.4, -0.2) is 160 Å². The Morgan fingerprint density at radius 2 is 1.70 bits per heavy atom. The van der Waals surface area contributed by atoms with E-state index < -0.39 is 24.3 Å². The Balaban J connectivity index is 0.000000645. The Labute approximate surface area is 406 Å². The molecule has 2 fully saturated rings. The summed E-state index contributed by atoms with van der Waals surface area (Å²) < 4.78 is 76.4. The number of aliphatic carboxylic acids is 2. The maximum Gasteiger partial charge on any atom is 0.490 e. The maximum atomic E-state index is 13.3. The largest absolute Gasteiger partial charge is 0.506 e. The number of morpholine rings is 1. The number of piperidine rings is 1. The lowest BCUT2D eigenvalue weighted by Gasteiger charge is -2.47. The molecule has 0 saturated carbocycles. The van der Waals surface area contributed by atoms with Crippen molar-refractivity contribution in [3.05, 3.63) is 73.3 Å². The number of aromatic nitrogens is 2. The lowest BCUT2D eigenvalue weighted by molar-refractivity contribution is -0.193. The molecule has 0 radical (unpaired) electrons. The molecule has 0 aliphatic carbocycles. The molecule has 2 saturated heterocycles. The number of nitrogens with one attached hydrogen (secondary N) is 2. The molecular weight excluding hydrogens is 983 g/mol. The van der Waals surface area contributed by atoms with Crippen LogP contribution in [0.4, 0.5) is 26.3 Å².